The number of benzene rings is 1. The smallest absolute Gasteiger partial charge is 0.416 e. The summed E-state index contributed by atoms with van der Waals surface area (Å²) in [5.41, 5.74) is -3.35. The number of ether oxygens (including phenoxy) is 1. The topological polar surface area (TPSA) is 24.5 Å². The van der Waals surface area contributed by atoms with Crippen LogP contribution >= 0.6 is 12.4 Å². The number of nitrogens with one attached hydrogen (secondary N) is 1. The van der Waals surface area contributed by atoms with Crippen LogP contribution in [-0.4, -0.2) is 44.9 Å². The predicted octanol–water partition coefficient (Wildman–Crippen LogP) is 4.46. The highest BCUT2D eigenvalue weighted by molar-refractivity contribution is 5.85. The van der Waals surface area contributed by atoms with Crippen molar-refractivity contribution in [2.45, 2.75) is 24.8 Å². The first kappa shape index (κ1) is 23.8. The van der Waals surface area contributed by atoms with Crippen molar-refractivity contribution in [3.63, 3.8) is 0 Å². The first-order valence-electron chi connectivity index (χ1n) is 7.96. The van der Waals surface area contributed by atoms with E-state index in [2.05, 4.69) is 5.32 Å². The van der Waals surface area contributed by atoms with Gasteiger partial charge in [-0.1, -0.05) is 0 Å². The fourth-order valence-corrected chi connectivity index (χ4v) is 3.14. The molecular weight excluding hydrogens is 405 g/mol. The molecule has 1 aliphatic heterocycles. The molecule has 27 heavy (non-hydrogen) atoms. The lowest BCUT2D eigenvalue weighted by Crippen LogP contribution is -2.45. The molecule has 1 aromatic rings. The Bertz CT molecular complexity index is 616. The number of hydrogen-bond donors (Lipinski definition) is 1. The summed E-state index contributed by atoms with van der Waals surface area (Å²) in [5.74, 6) is -0.538. The Labute approximate surface area is 158 Å². The van der Waals surface area contributed by atoms with Crippen LogP contribution in [0.25, 0.3) is 0 Å². The van der Waals surface area contributed by atoms with Gasteiger partial charge >= 0.3 is 12.4 Å². The number of alkyl halides is 7. The van der Waals surface area contributed by atoms with Gasteiger partial charge in [-0.05, 0) is 18.6 Å². The molecule has 2 rings (SSSR count). The van der Waals surface area contributed by atoms with E-state index in [9.17, 15) is 30.7 Å². The van der Waals surface area contributed by atoms with E-state index in [-0.39, 0.29) is 24.9 Å². The molecule has 1 saturated heterocycles. The Morgan fingerprint density at radius 1 is 1.07 bits per heavy atom. The van der Waals surface area contributed by atoms with E-state index in [4.69, 9.17) is 4.74 Å². The molecule has 1 fully saturated rings. The van der Waals surface area contributed by atoms with Crippen LogP contribution < -0.4 is 10.1 Å². The summed E-state index contributed by atoms with van der Waals surface area (Å²) < 4.78 is 97.6. The molecule has 0 bridgehead atoms. The molecule has 0 spiro atoms. The van der Waals surface area contributed by atoms with Gasteiger partial charge in [-0.3, -0.25) is 9.29 Å². The van der Waals surface area contributed by atoms with Crippen LogP contribution in [0.3, 0.4) is 0 Å². The van der Waals surface area contributed by atoms with Gasteiger partial charge in [0, 0.05) is 37.8 Å². The predicted molar refractivity (Wildman–Crippen MR) is 88.0 cm³/mol. The molecule has 156 valence electrons. The lowest BCUT2D eigenvalue weighted by molar-refractivity contribution is -0.144. The average molecular weight is 425 g/mol. The normalized spacial score (nSPS) is 17.3. The van der Waals surface area contributed by atoms with Crippen molar-refractivity contribution in [1.29, 1.82) is 0 Å². The molecule has 0 saturated carbocycles. The van der Waals surface area contributed by atoms with Gasteiger partial charge in [0.2, 0.25) is 0 Å². The van der Waals surface area contributed by atoms with Gasteiger partial charge in [0.15, 0.2) is 0 Å². The number of halogens is 8. The van der Waals surface area contributed by atoms with E-state index in [0.29, 0.717) is 32.2 Å². The van der Waals surface area contributed by atoms with Crippen LogP contribution in [0.15, 0.2) is 12.1 Å². The first-order valence-corrected chi connectivity index (χ1v) is 7.96. The second-order valence-electron chi connectivity index (χ2n) is 5.91. The molecular formula is C16H20ClF7N2O. The summed E-state index contributed by atoms with van der Waals surface area (Å²) >= 11 is 0. The molecule has 1 aromatic carbocycles. The van der Waals surface area contributed by atoms with Crippen molar-refractivity contribution < 1.29 is 35.5 Å². The summed E-state index contributed by atoms with van der Waals surface area (Å²) in [6.45, 7) is 0.786. The largest absolute Gasteiger partial charge is 0.496 e. The minimum atomic E-state index is -5.04. The van der Waals surface area contributed by atoms with Crippen molar-refractivity contribution in [1.82, 2.24) is 10.2 Å². The molecule has 1 N–H and O–H groups in total. The summed E-state index contributed by atoms with van der Waals surface area (Å²) in [4.78, 5) is 1.64. The van der Waals surface area contributed by atoms with Crippen molar-refractivity contribution >= 4 is 12.4 Å². The minimum Gasteiger partial charge on any atom is -0.496 e. The number of hydrogen-bond acceptors (Lipinski definition) is 3. The molecule has 0 aromatic heterocycles. The lowest BCUT2D eigenvalue weighted by Gasteiger charge is -2.36. The fourth-order valence-electron chi connectivity index (χ4n) is 3.14. The van der Waals surface area contributed by atoms with Crippen molar-refractivity contribution in [2.75, 3.05) is 40.0 Å². The number of piperazine rings is 1. The van der Waals surface area contributed by atoms with Gasteiger partial charge in [0.1, 0.15) is 5.75 Å². The van der Waals surface area contributed by atoms with Crippen LogP contribution in [0.5, 0.6) is 5.75 Å². The Kier molecular flexibility index (Phi) is 8.18. The van der Waals surface area contributed by atoms with Crippen LogP contribution in [0.1, 0.15) is 29.2 Å². The molecule has 0 amide bonds. The Hall–Kier alpha value is -1.26. The third kappa shape index (κ3) is 5.61. The molecule has 0 unspecified atom stereocenters. The van der Waals surface area contributed by atoms with E-state index < -0.39 is 47.5 Å². The minimum absolute atomic E-state index is 0. The van der Waals surface area contributed by atoms with Crippen LogP contribution in [0.2, 0.25) is 0 Å². The maximum Gasteiger partial charge on any atom is 0.416 e. The van der Waals surface area contributed by atoms with E-state index in [1.807, 2.05) is 0 Å². The number of methoxy groups -OCH3 is 1. The zero-order valence-corrected chi connectivity index (χ0v) is 15.2. The maximum atomic E-state index is 13.6. The van der Waals surface area contributed by atoms with Gasteiger partial charge in [0.05, 0.1) is 24.9 Å². The lowest BCUT2D eigenvalue weighted by atomic mass is 9.92. The van der Waals surface area contributed by atoms with Gasteiger partial charge in [-0.25, -0.2) is 0 Å². The zero-order chi connectivity index (χ0) is 19.5. The molecule has 3 nitrogen and oxygen atoms in total. The zero-order valence-electron chi connectivity index (χ0n) is 14.4. The highest BCUT2D eigenvalue weighted by atomic mass is 35.5. The maximum absolute atomic E-state index is 13.6. The van der Waals surface area contributed by atoms with Gasteiger partial charge < -0.3 is 10.1 Å². The molecule has 0 aliphatic carbocycles. The van der Waals surface area contributed by atoms with E-state index in [0.717, 1.165) is 7.11 Å². The second-order valence-corrected chi connectivity index (χ2v) is 5.91. The standard InChI is InChI=1S/C16H19F7N2O.ClH/c1-26-13-9-10(15(18,19)20)8-11(16(21,22)23)14(13)12(2-3-17)25-6-4-24-5-7-25;/h8-9,12,24H,2-7H2,1H3;1H/t12-;/m1./s1. The van der Waals surface area contributed by atoms with Crippen LogP contribution in [0.4, 0.5) is 30.7 Å². The molecule has 1 atom stereocenters. The van der Waals surface area contributed by atoms with Gasteiger partial charge in [0.25, 0.3) is 0 Å². The van der Waals surface area contributed by atoms with Gasteiger partial charge in [-0.15, -0.1) is 12.4 Å². The highest BCUT2D eigenvalue weighted by Gasteiger charge is 2.42. The van der Waals surface area contributed by atoms with Gasteiger partial charge in [-0.2, -0.15) is 26.3 Å². The van der Waals surface area contributed by atoms with E-state index in [1.165, 1.54) is 0 Å². The van der Waals surface area contributed by atoms with Crippen LogP contribution in [0, 0.1) is 0 Å². The number of rotatable bonds is 5. The molecule has 1 heterocycles. The van der Waals surface area contributed by atoms with E-state index in [1.54, 1.807) is 4.90 Å². The summed E-state index contributed by atoms with van der Waals surface area (Å²) in [7, 11) is 1.00. The van der Waals surface area contributed by atoms with Crippen LogP contribution in [-0.2, 0) is 12.4 Å². The monoisotopic (exact) mass is 424 g/mol. The summed E-state index contributed by atoms with van der Waals surface area (Å²) in [6.07, 6.45) is -10.3. The second kappa shape index (κ2) is 9.29. The Balaban J connectivity index is 0.00000364. The quantitative estimate of drug-likeness (QED) is 0.706. The third-order valence-corrected chi connectivity index (χ3v) is 4.30. The summed E-state index contributed by atoms with van der Waals surface area (Å²) in [5, 5.41) is 3.03. The molecule has 1 aliphatic rings. The first-order chi connectivity index (χ1) is 12.1. The fraction of sp³-hybridized carbons (Fsp3) is 0.625. The third-order valence-electron chi connectivity index (χ3n) is 4.30. The molecule has 11 heteroatoms. The van der Waals surface area contributed by atoms with Crippen molar-refractivity contribution in [3.05, 3.63) is 28.8 Å². The summed E-state index contributed by atoms with van der Waals surface area (Å²) in [6, 6.07) is -0.417. The highest BCUT2D eigenvalue weighted by Crippen LogP contribution is 2.45. The Morgan fingerprint density at radius 2 is 1.67 bits per heavy atom. The SMILES string of the molecule is COc1cc(C(F)(F)F)cc(C(F)(F)F)c1[C@@H](CCF)N1CCNCC1.Cl. The Morgan fingerprint density at radius 3 is 2.11 bits per heavy atom. The molecule has 0 radical (unpaired) electrons. The van der Waals surface area contributed by atoms with E-state index >= 15 is 0 Å². The van der Waals surface area contributed by atoms with Crippen molar-refractivity contribution in [2.24, 2.45) is 0 Å². The average Bonchev–Trinajstić information content (AvgIpc) is 2.57. The number of nitrogens with zero attached hydrogens (tertiary/aromatic N) is 1. The van der Waals surface area contributed by atoms with Crippen molar-refractivity contribution in [3.8, 4) is 5.75 Å².